The van der Waals surface area contributed by atoms with Gasteiger partial charge < -0.3 is 29.9 Å². The maximum absolute atomic E-state index is 3.67. The average Bonchev–Trinajstić information content (AvgIpc) is 3.69. The van der Waals surface area contributed by atoms with E-state index in [-0.39, 0.29) is 19.5 Å². The molecule has 0 fully saturated rings. The third-order valence-electron chi connectivity index (χ3n) is 2.44. The van der Waals surface area contributed by atoms with E-state index in [0.29, 0.717) is 0 Å². The molecule has 0 aliphatic rings. The summed E-state index contributed by atoms with van der Waals surface area (Å²) >= 11 is 0. The van der Waals surface area contributed by atoms with Crippen LogP contribution in [0.3, 0.4) is 0 Å². The van der Waals surface area contributed by atoms with Crippen molar-refractivity contribution in [2.75, 3.05) is 0 Å². The maximum Gasteiger partial charge on any atom is 2.00 e. The summed E-state index contributed by atoms with van der Waals surface area (Å²) in [6.45, 7) is 0. The smallest absolute Gasteiger partial charge is 0.351 e. The van der Waals surface area contributed by atoms with E-state index in [9.17, 15) is 0 Å². The molecule has 0 saturated heterocycles. The van der Waals surface area contributed by atoms with E-state index in [1.165, 1.54) is 0 Å². The minimum absolute atomic E-state index is 0. The predicted octanol–water partition coefficient (Wildman–Crippen LogP) is 2.46. The second-order valence-electron chi connectivity index (χ2n) is 4.56. The van der Waals surface area contributed by atoms with Gasteiger partial charge in [0.1, 0.15) is 0 Å². The molecule has 6 aromatic rings. The molecule has 0 atom stereocenters. The SMILES string of the molecule is [Ru+2].c1c[nH]cn1.c1c[nH]cn1.c1c[nH]cn1.c1c[nH]cn1.c1c[nH]cn1.c1c[nH]cn1. The second-order valence-corrected chi connectivity index (χ2v) is 4.56. The van der Waals surface area contributed by atoms with E-state index in [4.69, 9.17) is 0 Å². The fraction of sp³-hybridized carbons (Fsp3) is 0. The van der Waals surface area contributed by atoms with Gasteiger partial charge in [-0.2, -0.15) is 0 Å². The van der Waals surface area contributed by atoms with Gasteiger partial charge in [-0.05, 0) is 0 Å². The minimum Gasteiger partial charge on any atom is -0.351 e. The monoisotopic (exact) mass is 510 g/mol. The van der Waals surface area contributed by atoms with Crippen molar-refractivity contribution < 1.29 is 19.5 Å². The van der Waals surface area contributed by atoms with Gasteiger partial charge in [0.05, 0.1) is 38.0 Å². The van der Waals surface area contributed by atoms with Gasteiger partial charge in [-0.15, -0.1) is 0 Å². The normalized spacial score (nSPS) is 7.74. The van der Waals surface area contributed by atoms with Crippen LogP contribution < -0.4 is 0 Å². The van der Waals surface area contributed by atoms with Gasteiger partial charge in [-0.25, -0.2) is 29.9 Å². The summed E-state index contributed by atoms with van der Waals surface area (Å²) in [5.41, 5.74) is 0. The van der Waals surface area contributed by atoms with Crippen LogP contribution in [0.25, 0.3) is 0 Å². The zero-order valence-electron chi connectivity index (χ0n) is 16.4. The number of hydrogen-bond donors (Lipinski definition) is 6. The number of imidazole rings is 6. The molecule has 0 aliphatic heterocycles. The Kier molecular flexibility index (Phi) is 20.7. The Morgan fingerprint density at radius 3 is 0.484 bits per heavy atom. The third-order valence-corrected chi connectivity index (χ3v) is 2.44. The fourth-order valence-electron chi connectivity index (χ4n) is 1.29. The summed E-state index contributed by atoms with van der Waals surface area (Å²) in [6, 6.07) is 0. The van der Waals surface area contributed by atoms with Gasteiger partial charge in [0.15, 0.2) is 0 Å². The van der Waals surface area contributed by atoms with E-state index < -0.39 is 0 Å². The van der Waals surface area contributed by atoms with Crippen LogP contribution in [0.5, 0.6) is 0 Å². The molecular formula is C18H24N12Ru+2. The first-order chi connectivity index (χ1) is 15.0. The minimum atomic E-state index is 0. The van der Waals surface area contributed by atoms with Crippen molar-refractivity contribution in [2.45, 2.75) is 0 Å². The Balaban J connectivity index is 0.000000346. The Hall–Kier alpha value is -4.12. The van der Waals surface area contributed by atoms with Crippen LogP contribution >= 0.6 is 0 Å². The van der Waals surface area contributed by atoms with E-state index in [1.54, 1.807) is 112 Å². The van der Waals surface area contributed by atoms with Crippen LogP contribution in [0.1, 0.15) is 0 Å². The van der Waals surface area contributed by atoms with Crippen LogP contribution in [0.15, 0.2) is 112 Å². The van der Waals surface area contributed by atoms with Crippen molar-refractivity contribution in [1.29, 1.82) is 0 Å². The summed E-state index contributed by atoms with van der Waals surface area (Å²) < 4.78 is 0. The predicted molar refractivity (Wildman–Crippen MR) is 112 cm³/mol. The van der Waals surface area contributed by atoms with Gasteiger partial charge in [0, 0.05) is 74.4 Å². The van der Waals surface area contributed by atoms with Crippen molar-refractivity contribution in [3.05, 3.63) is 112 Å². The largest absolute Gasteiger partial charge is 2.00 e. The molecule has 0 radical (unpaired) electrons. The molecule has 0 amide bonds. The molecule has 0 bridgehead atoms. The number of aromatic amines is 6. The van der Waals surface area contributed by atoms with Crippen LogP contribution in [0, 0.1) is 0 Å². The van der Waals surface area contributed by atoms with Gasteiger partial charge in [0.25, 0.3) is 0 Å². The summed E-state index contributed by atoms with van der Waals surface area (Å²) in [5.74, 6) is 0. The van der Waals surface area contributed by atoms with Crippen molar-refractivity contribution in [3.8, 4) is 0 Å². The Morgan fingerprint density at radius 2 is 0.452 bits per heavy atom. The first kappa shape index (κ1) is 26.9. The number of H-pyrrole nitrogens is 6. The van der Waals surface area contributed by atoms with Crippen LogP contribution in [-0.2, 0) is 19.5 Å². The van der Waals surface area contributed by atoms with Crippen molar-refractivity contribution >= 4 is 0 Å². The van der Waals surface area contributed by atoms with Crippen molar-refractivity contribution in [2.24, 2.45) is 0 Å². The molecule has 0 unspecified atom stereocenters. The maximum atomic E-state index is 3.67. The first-order valence-corrected chi connectivity index (χ1v) is 8.56. The zero-order valence-corrected chi connectivity index (χ0v) is 18.2. The molecule has 0 saturated carbocycles. The quantitative estimate of drug-likeness (QED) is 0.172. The number of rotatable bonds is 0. The van der Waals surface area contributed by atoms with Gasteiger partial charge >= 0.3 is 19.5 Å². The van der Waals surface area contributed by atoms with Gasteiger partial charge in [0.2, 0.25) is 0 Å². The second kappa shape index (κ2) is 23.9. The van der Waals surface area contributed by atoms with Crippen molar-refractivity contribution in [1.82, 2.24) is 59.8 Å². The topological polar surface area (TPSA) is 172 Å². The van der Waals surface area contributed by atoms with Crippen LogP contribution in [0.4, 0.5) is 0 Å². The molecule has 12 nitrogen and oxygen atoms in total. The molecule has 6 heterocycles. The molecule has 13 heteroatoms. The van der Waals surface area contributed by atoms with Gasteiger partial charge in [-0.1, -0.05) is 0 Å². The van der Waals surface area contributed by atoms with E-state index in [1.807, 2.05) is 0 Å². The standard InChI is InChI=1S/6C3H4N2.Ru/c6*1-2-5-3-4-1;/h6*1-3H,(H,4,5);/q;;;;;;+2. The molecule has 6 N–H and O–H groups in total. The molecular weight excluding hydrogens is 485 g/mol. The molecule has 162 valence electrons. The summed E-state index contributed by atoms with van der Waals surface area (Å²) in [5, 5.41) is 0. The zero-order chi connectivity index (χ0) is 21.2. The fourth-order valence-corrected chi connectivity index (χ4v) is 1.29. The van der Waals surface area contributed by atoms with Crippen LogP contribution in [0.2, 0.25) is 0 Å². The van der Waals surface area contributed by atoms with E-state index in [2.05, 4.69) is 59.8 Å². The molecule has 6 aromatic heterocycles. The summed E-state index contributed by atoms with van der Waals surface area (Å²) in [6.07, 6.45) is 30.5. The summed E-state index contributed by atoms with van der Waals surface area (Å²) in [7, 11) is 0. The Bertz CT molecular complexity index is 578. The average molecular weight is 510 g/mol. The molecule has 0 aromatic carbocycles. The Labute approximate surface area is 191 Å². The molecule has 0 aliphatic carbocycles. The number of nitrogens with one attached hydrogen (secondary N) is 6. The molecule has 31 heavy (non-hydrogen) atoms. The number of hydrogen-bond acceptors (Lipinski definition) is 6. The van der Waals surface area contributed by atoms with Crippen molar-refractivity contribution in [3.63, 3.8) is 0 Å². The summed E-state index contributed by atoms with van der Waals surface area (Å²) in [4.78, 5) is 38.5. The first-order valence-electron chi connectivity index (χ1n) is 8.56. The number of aromatic nitrogens is 12. The molecule has 6 rings (SSSR count). The third kappa shape index (κ3) is 22.0. The van der Waals surface area contributed by atoms with Gasteiger partial charge in [-0.3, -0.25) is 0 Å². The number of nitrogens with zero attached hydrogens (tertiary/aromatic N) is 6. The van der Waals surface area contributed by atoms with E-state index in [0.717, 1.165) is 0 Å². The van der Waals surface area contributed by atoms with E-state index >= 15 is 0 Å². The van der Waals surface area contributed by atoms with Crippen LogP contribution in [-0.4, -0.2) is 59.8 Å². The Morgan fingerprint density at radius 1 is 0.290 bits per heavy atom. The molecule has 0 spiro atoms.